The normalized spacial score (nSPS) is 17.7. The molecule has 2 heterocycles. The highest BCUT2D eigenvalue weighted by Crippen LogP contribution is 2.24. The Morgan fingerprint density at radius 2 is 2.18 bits per heavy atom. The highest BCUT2D eigenvalue weighted by atomic mass is 16.3. The molecule has 1 aliphatic heterocycles. The highest BCUT2D eigenvalue weighted by molar-refractivity contribution is 5.62. The van der Waals surface area contributed by atoms with Crippen LogP contribution < -0.4 is 21.3 Å². The average Bonchev–Trinajstić information content (AvgIpc) is 2.95. The minimum Gasteiger partial charge on any atom is -0.508 e. The molecule has 1 saturated heterocycles. The van der Waals surface area contributed by atoms with E-state index in [2.05, 4.69) is 25.5 Å². The molecule has 7 nitrogen and oxygen atoms in total. The maximum Gasteiger partial charge on any atom is 0.223 e. The molecule has 1 aromatic carbocycles. The smallest absolute Gasteiger partial charge is 0.223 e. The molecular weight excluding hydrogens is 280 g/mol. The van der Waals surface area contributed by atoms with Crippen molar-refractivity contribution in [1.29, 1.82) is 0 Å². The first-order valence-electron chi connectivity index (χ1n) is 7.27. The highest BCUT2D eigenvalue weighted by Gasteiger charge is 2.22. The number of rotatable bonds is 4. The Kier molecular flexibility index (Phi) is 3.97. The molecule has 2 aromatic rings. The number of phenolic OH excluding ortho intramolecular Hbond substituents is 1. The Morgan fingerprint density at radius 3 is 2.91 bits per heavy atom. The standard InChI is InChI=1S/C15H20N6O/c1-17-11-5-6-21(9-11)14-8-13(19-15(16)20-14)18-10-3-2-4-12(22)7-10/h2-4,7-8,11,17,22H,5-6,9H2,1H3,(H3,16,18,19,20)/t11-/m1/s1. The maximum atomic E-state index is 9.52. The second-order valence-electron chi connectivity index (χ2n) is 5.37. The Morgan fingerprint density at radius 1 is 1.32 bits per heavy atom. The Hall–Kier alpha value is -2.54. The summed E-state index contributed by atoms with van der Waals surface area (Å²) in [7, 11) is 1.97. The quantitative estimate of drug-likeness (QED) is 0.675. The van der Waals surface area contributed by atoms with Crippen molar-refractivity contribution < 1.29 is 5.11 Å². The van der Waals surface area contributed by atoms with Crippen LogP contribution in [0.25, 0.3) is 0 Å². The summed E-state index contributed by atoms with van der Waals surface area (Å²) in [6, 6.07) is 9.21. The van der Waals surface area contributed by atoms with E-state index in [4.69, 9.17) is 5.73 Å². The molecule has 7 heteroatoms. The minimum atomic E-state index is 0.198. The molecule has 0 aliphatic carbocycles. The van der Waals surface area contributed by atoms with Gasteiger partial charge in [0.2, 0.25) is 5.95 Å². The van der Waals surface area contributed by atoms with Crippen molar-refractivity contribution >= 4 is 23.3 Å². The molecule has 0 radical (unpaired) electrons. The number of aromatic nitrogens is 2. The van der Waals surface area contributed by atoms with Gasteiger partial charge < -0.3 is 26.4 Å². The molecule has 0 unspecified atom stereocenters. The van der Waals surface area contributed by atoms with E-state index in [1.54, 1.807) is 18.2 Å². The zero-order valence-electron chi connectivity index (χ0n) is 12.5. The van der Waals surface area contributed by atoms with Crippen LogP contribution >= 0.6 is 0 Å². The van der Waals surface area contributed by atoms with Crippen LogP contribution in [0.1, 0.15) is 6.42 Å². The molecule has 0 spiro atoms. The number of anilines is 4. The molecule has 0 amide bonds. The van der Waals surface area contributed by atoms with Crippen molar-refractivity contribution in [2.45, 2.75) is 12.5 Å². The molecule has 1 atom stereocenters. The first-order chi connectivity index (χ1) is 10.6. The third-order valence-corrected chi connectivity index (χ3v) is 3.77. The van der Waals surface area contributed by atoms with Crippen molar-refractivity contribution in [3.63, 3.8) is 0 Å². The lowest BCUT2D eigenvalue weighted by atomic mass is 10.3. The minimum absolute atomic E-state index is 0.198. The number of benzene rings is 1. The predicted molar refractivity (Wildman–Crippen MR) is 87.5 cm³/mol. The number of aromatic hydroxyl groups is 1. The van der Waals surface area contributed by atoms with Crippen LogP contribution in [0, 0.1) is 0 Å². The third kappa shape index (κ3) is 3.20. The fraction of sp³-hybridized carbons (Fsp3) is 0.333. The molecule has 116 valence electrons. The molecule has 1 aromatic heterocycles. The van der Waals surface area contributed by atoms with Gasteiger partial charge in [0.25, 0.3) is 0 Å². The van der Waals surface area contributed by atoms with Gasteiger partial charge in [-0.1, -0.05) is 6.07 Å². The van der Waals surface area contributed by atoms with E-state index in [0.717, 1.165) is 31.0 Å². The molecule has 1 aliphatic rings. The van der Waals surface area contributed by atoms with E-state index >= 15 is 0 Å². The van der Waals surface area contributed by atoms with Gasteiger partial charge in [-0.2, -0.15) is 9.97 Å². The molecule has 3 rings (SSSR count). The van der Waals surface area contributed by atoms with Gasteiger partial charge in [-0.25, -0.2) is 0 Å². The fourth-order valence-electron chi connectivity index (χ4n) is 2.61. The predicted octanol–water partition coefficient (Wildman–Crippen LogP) is 1.31. The largest absolute Gasteiger partial charge is 0.508 e. The lowest BCUT2D eigenvalue weighted by molar-refractivity contribution is 0.475. The number of nitrogens with one attached hydrogen (secondary N) is 2. The van der Waals surface area contributed by atoms with Crippen LogP contribution in [0.5, 0.6) is 5.75 Å². The topological polar surface area (TPSA) is 99.3 Å². The maximum absolute atomic E-state index is 9.52. The van der Waals surface area contributed by atoms with E-state index in [1.165, 1.54) is 0 Å². The third-order valence-electron chi connectivity index (χ3n) is 3.77. The van der Waals surface area contributed by atoms with Crippen LogP contribution in [0.2, 0.25) is 0 Å². The van der Waals surface area contributed by atoms with Crippen LogP contribution in [0.4, 0.5) is 23.3 Å². The van der Waals surface area contributed by atoms with Gasteiger partial charge in [0.05, 0.1) is 0 Å². The number of nitrogens with two attached hydrogens (primary N) is 1. The van der Waals surface area contributed by atoms with Crippen LogP contribution in [-0.4, -0.2) is 41.3 Å². The molecular formula is C15H20N6O. The summed E-state index contributed by atoms with van der Waals surface area (Å²) < 4.78 is 0. The number of nitrogens with zero attached hydrogens (tertiary/aromatic N) is 3. The van der Waals surface area contributed by atoms with E-state index in [0.29, 0.717) is 11.9 Å². The van der Waals surface area contributed by atoms with Crippen molar-refractivity contribution in [3.05, 3.63) is 30.3 Å². The average molecular weight is 300 g/mol. The summed E-state index contributed by atoms with van der Waals surface area (Å²) in [6.45, 7) is 1.84. The Balaban J connectivity index is 1.81. The monoisotopic (exact) mass is 300 g/mol. The van der Waals surface area contributed by atoms with Crippen molar-refractivity contribution in [2.24, 2.45) is 0 Å². The SMILES string of the molecule is CN[C@@H]1CCN(c2cc(Nc3cccc(O)c3)nc(N)n2)C1. The fourth-order valence-corrected chi connectivity index (χ4v) is 2.61. The molecule has 0 saturated carbocycles. The van der Waals surface area contributed by atoms with Gasteiger partial charge in [-0.3, -0.25) is 0 Å². The number of nitrogen functional groups attached to an aromatic ring is 1. The number of phenols is 1. The van der Waals surface area contributed by atoms with E-state index in [1.807, 2.05) is 19.2 Å². The summed E-state index contributed by atoms with van der Waals surface area (Å²) in [5.41, 5.74) is 6.57. The Bertz CT molecular complexity index is 662. The van der Waals surface area contributed by atoms with Crippen LogP contribution in [0.3, 0.4) is 0 Å². The zero-order valence-corrected chi connectivity index (χ0v) is 12.5. The van der Waals surface area contributed by atoms with Crippen molar-refractivity contribution in [2.75, 3.05) is 36.1 Å². The van der Waals surface area contributed by atoms with E-state index in [9.17, 15) is 5.11 Å². The van der Waals surface area contributed by atoms with Crippen LogP contribution in [0.15, 0.2) is 30.3 Å². The number of likely N-dealkylation sites (N-methyl/N-ethyl adjacent to an activating group) is 1. The summed E-state index contributed by atoms with van der Waals surface area (Å²) in [6.07, 6.45) is 1.08. The summed E-state index contributed by atoms with van der Waals surface area (Å²) in [5, 5.41) is 15.9. The van der Waals surface area contributed by atoms with E-state index in [-0.39, 0.29) is 11.7 Å². The van der Waals surface area contributed by atoms with Crippen molar-refractivity contribution in [1.82, 2.24) is 15.3 Å². The lowest BCUT2D eigenvalue weighted by Crippen LogP contribution is -2.30. The summed E-state index contributed by atoms with van der Waals surface area (Å²) in [4.78, 5) is 10.7. The molecule has 5 N–H and O–H groups in total. The first-order valence-corrected chi connectivity index (χ1v) is 7.27. The molecule has 1 fully saturated rings. The lowest BCUT2D eigenvalue weighted by Gasteiger charge is -2.18. The van der Waals surface area contributed by atoms with Gasteiger partial charge in [0, 0.05) is 37.0 Å². The van der Waals surface area contributed by atoms with Gasteiger partial charge in [0.1, 0.15) is 17.4 Å². The summed E-state index contributed by atoms with van der Waals surface area (Å²) in [5.74, 6) is 1.85. The molecule has 22 heavy (non-hydrogen) atoms. The van der Waals surface area contributed by atoms with Crippen LogP contribution in [-0.2, 0) is 0 Å². The summed E-state index contributed by atoms with van der Waals surface area (Å²) >= 11 is 0. The molecule has 0 bridgehead atoms. The van der Waals surface area contributed by atoms with Gasteiger partial charge in [0.15, 0.2) is 0 Å². The van der Waals surface area contributed by atoms with Gasteiger partial charge in [-0.05, 0) is 25.6 Å². The first kappa shape index (κ1) is 14.4. The second-order valence-corrected chi connectivity index (χ2v) is 5.37. The zero-order chi connectivity index (χ0) is 15.5. The Labute approximate surface area is 129 Å². The number of hydrogen-bond donors (Lipinski definition) is 4. The van der Waals surface area contributed by atoms with Gasteiger partial charge >= 0.3 is 0 Å². The van der Waals surface area contributed by atoms with Crippen molar-refractivity contribution in [3.8, 4) is 5.75 Å². The number of hydrogen-bond acceptors (Lipinski definition) is 7. The van der Waals surface area contributed by atoms with Gasteiger partial charge in [-0.15, -0.1) is 0 Å². The second kappa shape index (κ2) is 6.07. The van der Waals surface area contributed by atoms with E-state index < -0.39 is 0 Å².